The molecule has 0 radical (unpaired) electrons. The summed E-state index contributed by atoms with van der Waals surface area (Å²) in [6.45, 7) is 1.94. The SMILES string of the molecule is CN=C(NCCc1ccc2c(c1)OCO2)NCC(=O)N1CCCc2ccccc21. The van der Waals surface area contributed by atoms with Crippen LogP contribution in [0.25, 0.3) is 0 Å². The molecule has 0 atom stereocenters. The van der Waals surface area contributed by atoms with Crippen molar-refractivity contribution in [1.29, 1.82) is 0 Å². The third-order valence-corrected chi connectivity index (χ3v) is 5.19. The number of rotatable bonds is 5. The smallest absolute Gasteiger partial charge is 0.246 e. The minimum atomic E-state index is 0.0517. The molecule has 0 aromatic heterocycles. The molecule has 0 spiro atoms. The van der Waals surface area contributed by atoms with E-state index in [4.69, 9.17) is 9.47 Å². The van der Waals surface area contributed by atoms with Crippen molar-refractivity contribution in [1.82, 2.24) is 10.6 Å². The molecule has 0 saturated carbocycles. The zero-order valence-corrected chi connectivity index (χ0v) is 16.6. The Balaban J connectivity index is 1.26. The maximum Gasteiger partial charge on any atom is 0.246 e. The normalized spacial score (nSPS) is 15.1. The number of hydrogen-bond acceptors (Lipinski definition) is 4. The maximum absolute atomic E-state index is 12.7. The number of aryl methyl sites for hydroxylation is 1. The van der Waals surface area contributed by atoms with Gasteiger partial charge in [0.15, 0.2) is 17.5 Å². The Kier molecular flexibility index (Phi) is 5.84. The van der Waals surface area contributed by atoms with Gasteiger partial charge in [0.2, 0.25) is 12.7 Å². The van der Waals surface area contributed by atoms with Crippen LogP contribution in [0.4, 0.5) is 5.69 Å². The first kappa shape index (κ1) is 19.1. The van der Waals surface area contributed by atoms with Crippen molar-refractivity contribution in [3.63, 3.8) is 0 Å². The second-order valence-electron chi connectivity index (χ2n) is 7.07. The third-order valence-electron chi connectivity index (χ3n) is 5.19. The average molecular weight is 394 g/mol. The molecule has 2 aromatic rings. The fraction of sp³-hybridized carbons (Fsp3) is 0.364. The van der Waals surface area contributed by atoms with Crippen LogP contribution in [0.2, 0.25) is 0 Å². The molecule has 0 bridgehead atoms. The van der Waals surface area contributed by atoms with Crippen molar-refractivity contribution in [3.05, 3.63) is 53.6 Å². The molecule has 7 nitrogen and oxygen atoms in total. The van der Waals surface area contributed by atoms with E-state index in [1.54, 1.807) is 7.05 Å². The molecule has 2 N–H and O–H groups in total. The summed E-state index contributed by atoms with van der Waals surface area (Å²) in [5.74, 6) is 2.25. The van der Waals surface area contributed by atoms with Gasteiger partial charge in [0.1, 0.15) is 0 Å². The van der Waals surface area contributed by atoms with Crippen LogP contribution < -0.4 is 25.0 Å². The van der Waals surface area contributed by atoms with Crippen LogP contribution in [0.3, 0.4) is 0 Å². The topological polar surface area (TPSA) is 75.2 Å². The summed E-state index contributed by atoms with van der Waals surface area (Å²) < 4.78 is 10.8. The molecule has 2 heterocycles. The first-order valence-electron chi connectivity index (χ1n) is 9.96. The first-order chi connectivity index (χ1) is 14.2. The lowest BCUT2D eigenvalue weighted by Crippen LogP contribution is -2.46. The number of benzene rings is 2. The maximum atomic E-state index is 12.7. The first-order valence-corrected chi connectivity index (χ1v) is 9.96. The van der Waals surface area contributed by atoms with Crippen LogP contribution >= 0.6 is 0 Å². The van der Waals surface area contributed by atoms with Gasteiger partial charge in [0.25, 0.3) is 0 Å². The summed E-state index contributed by atoms with van der Waals surface area (Å²) >= 11 is 0. The fourth-order valence-corrected chi connectivity index (χ4v) is 3.69. The Hall–Kier alpha value is -3.22. The monoisotopic (exact) mass is 394 g/mol. The highest BCUT2D eigenvalue weighted by molar-refractivity contribution is 5.98. The number of amides is 1. The van der Waals surface area contributed by atoms with Crippen molar-refractivity contribution < 1.29 is 14.3 Å². The van der Waals surface area contributed by atoms with Gasteiger partial charge in [-0.1, -0.05) is 24.3 Å². The van der Waals surface area contributed by atoms with Gasteiger partial charge in [-0.3, -0.25) is 9.79 Å². The summed E-state index contributed by atoms with van der Waals surface area (Å²) in [5.41, 5.74) is 3.41. The van der Waals surface area contributed by atoms with E-state index >= 15 is 0 Å². The predicted molar refractivity (Wildman–Crippen MR) is 113 cm³/mol. The quantitative estimate of drug-likeness (QED) is 0.600. The minimum absolute atomic E-state index is 0.0517. The summed E-state index contributed by atoms with van der Waals surface area (Å²) in [5, 5.41) is 6.39. The number of ether oxygens (including phenoxy) is 2. The highest BCUT2D eigenvalue weighted by Gasteiger charge is 2.22. The number of nitrogens with one attached hydrogen (secondary N) is 2. The number of aliphatic imine (C=N–C) groups is 1. The molecule has 7 heteroatoms. The standard InChI is InChI=1S/C22H26N4O3/c1-23-22(24-11-10-16-8-9-19-20(13-16)29-15-28-19)25-14-21(27)26-12-4-6-17-5-2-3-7-18(17)26/h2-3,5,7-9,13H,4,6,10-12,14-15H2,1H3,(H2,23,24,25). The number of anilines is 1. The highest BCUT2D eigenvalue weighted by atomic mass is 16.7. The zero-order chi connectivity index (χ0) is 20.1. The lowest BCUT2D eigenvalue weighted by atomic mass is 10.0. The van der Waals surface area contributed by atoms with Gasteiger partial charge >= 0.3 is 0 Å². The van der Waals surface area contributed by atoms with E-state index in [2.05, 4.69) is 21.7 Å². The van der Waals surface area contributed by atoms with E-state index in [1.807, 2.05) is 41.3 Å². The molecule has 2 aromatic carbocycles. The fourth-order valence-electron chi connectivity index (χ4n) is 3.69. The molecule has 0 unspecified atom stereocenters. The number of nitrogens with zero attached hydrogens (tertiary/aromatic N) is 2. The lowest BCUT2D eigenvalue weighted by Gasteiger charge is -2.29. The predicted octanol–water partition coefficient (Wildman–Crippen LogP) is 2.10. The second kappa shape index (κ2) is 8.86. The number of carbonyl (C=O) groups excluding carboxylic acids is 1. The summed E-state index contributed by atoms with van der Waals surface area (Å²) in [6.07, 6.45) is 2.83. The van der Waals surface area contributed by atoms with Crippen molar-refractivity contribution in [2.24, 2.45) is 4.99 Å². The van der Waals surface area contributed by atoms with Crippen LogP contribution in [0.1, 0.15) is 17.5 Å². The average Bonchev–Trinajstić information content (AvgIpc) is 3.23. The van der Waals surface area contributed by atoms with E-state index in [-0.39, 0.29) is 19.2 Å². The molecule has 1 amide bonds. The summed E-state index contributed by atoms with van der Waals surface area (Å²) in [6, 6.07) is 14.1. The van der Waals surface area contributed by atoms with E-state index in [0.717, 1.165) is 48.6 Å². The Morgan fingerprint density at radius 2 is 2.00 bits per heavy atom. The van der Waals surface area contributed by atoms with Gasteiger partial charge in [-0.05, 0) is 48.6 Å². The number of fused-ring (bicyclic) bond motifs is 2. The Bertz CT molecular complexity index is 913. The van der Waals surface area contributed by atoms with E-state index < -0.39 is 0 Å². The van der Waals surface area contributed by atoms with E-state index in [0.29, 0.717) is 12.5 Å². The molecule has 2 aliphatic rings. The van der Waals surface area contributed by atoms with Crippen molar-refractivity contribution in [3.8, 4) is 11.5 Å². The molecule has 152 valence electrons. The van der Waals surface area contributed by atoms with Crippen LogP contribution in [-0.4, -0.2) is 45.3 Å². The highest BCUT2D eigenvalue weighted by Crippen LogP contribution is 2.32. The van der Waals surface area contributed by atoms with Gasteiger partial charge in [0, 0.05) is 25.8 Å². The molecule has 0 fully saturated rings. The molecule has 2 aliphatic heterocycles. The second-order valence-corrected chi connectivity index (χ2v) is 7.07. The Morgan fingerprint density at radius 3 is 2.90 bits per heavy atom. The third kappa shape index (κ3) is 4.45. The van der Waals surface area contributed by atoms with Crippen LogP contribution in [0.15, 0.2) is 47.5 Å². The van der Waals surface area contributed by atoms with Crippen LogP contribution in [0, 0.1) is 0 Å². The number of para-hydroxylation sites is 1. The molecule has 29 heavy (non-hydrogen) atoms. The van der Waals surface area contributed by atoms with E-state index in [1.165, 1.54) is 5.56 Å². The lowest BCUT2D eigenvalue weighted by molar-refractivity contribution is -0.117. The number of guanidine groups is 1. The van der Waals surface area contributed by atoms with Gasteiger partial charge < -0.3 is 25.0 Å². The van der Waals surface area contributed by atoms with E-state index in [9.17, 15) is 4.79 Å². The minimum Gasteiger partial charge on any atom is -0.454 e. The summed E-state index contributed by atoms with van der Waals surface area (Å²) in [7, 11) is 1.70. The zero-order valence-electron chi connectivity index (χ0n) is 16.6. The number of carbonyl (C=O) groups is 1. The van der Waals surface area contributed by atoms with Crippen LogP contribution in [0.5, 0.6) is 11.5 Å². The molecule has 0 aliphatic carbocycles. The van der Waals surface area contributed by atoms with Crippen LogP contribution in [-0.2, 0) is 17.6 Å². The van der Waals surface area contributed by atoms with Crippen molar-refractivity contribution in [2.75, 3.05) is 38.4 Å². The molecule has 4 rings (SSSR count). The van der Waals surface area contributed by atoms with Crippen molar-refractivity contribution >= 4 is 17.6 Å². The Morgan fingerprint density at radius 1 is 1.14 bits per heavy atom. The van der Waals surface area contributed by atoms with Gasteiger partial charge in [0.05, 0.1) is 6.54 Å². The molecular formula is C22H26N4O3. The molecule has 0 saturated heterocycles. The number of hydrogen-bond donors (Lipinski definition) is 2. The summed E-state index contributed by atoms with van der Waals surface area (Å²) in [4.78, 5) is 18.8. The van der Waals surface area contributed by atoms with Crippen molar-refractivity contribution in [2.45, 2.75) is 19.3 Å². The Labute approximate surface area is 170 Å². The van der Waals surface area contributed by atoms with Gasteiger partial charge in [-0.2, -0.15) is 0 Å². The largest absolute Gasteiger partial charge is 0.454 e. The van der Waals surface area contributed by atoms with Gasteiger partial charge in [-0.15, -0.1) is 0 Å². The van der Waals surface area contributed by atoms with Gasteiger partial charge in [-0.25, -0.2) is 0 Å². The molecular weight excluding hydrogens is 368 g/mol.